The van der Waals surface area contributed by atoms with Gasteiger partial charge in [0.15, 0.2) is 0 Å². The van der Waals surface area contributed by atoms with E-state index in [0.29, 0.717) is 5.56 Å². The lowest BCUT2D eigenvalue weighted by Gasteiger charge is -2.25. The molecule has 9 nitrogen and oxygen atoms in total. The third kappa shape index (κ3) is 5.34. The minimum absolute atomic E-state index is 0.0291. The number of carboxylic acids is 1. The molecule has 1 saturated heterocycles. The highest BCUT2D eigenvalue weighted by Gasteiger charge is 2.43. The maximum absolute atomic E-state index is 13.1. The van der Waals surface area contributed by atoms with Crippen LogP contribution in [-0.2, 0) is 26.0 Å². The minimum Gasteiger partial charge on any atom is -0.508 e. The van der Waals surface area contributed by atoms with Crippen LogP contribution in [0.3, 0.4) is 0 Å². The van der Waals surface area contributed by atoms with Crippen LogP contribution in [0.2, 0.25) is 5.02 Å². The van der Waals surface area contributed by atoms with Gasteiger partial charge in [-0.25, -0.2) is 13.2 Å². The number of nitrogens with zero attached hydrogens (tertiary/aromatic N) is 1. The first-order chi connectivity index (χ1) is 14.6. The van der Waals surface area contributed by atoms with Crippen molar-refractivity contribution in [3.05, 3.63) is 59.1 Å². The highest BCUT2D eigenvalue weighted by Crippen LogP contribution is 2.27. The Morgan fingerprint density at radius 3 is 2.52 bits per heavy atom. The Morgan fingerprint density at radius 1 is 1.23 bits per heavy atom. The fraction of sp³-hybridized carbons (Fsp3) is 0.300. The summed E-state index contributed by atoms with van der Waals surface area (Å²) in [7, 11) is -4.08. The second kappa shape index (κ2) is 9.23. The van der Waals surface area contributed by atoms with Crippen LogP contribution in [0.15, 0.2) is 53.4 Å². The van der Waals surface area contributed by atoms with Crippen LogP contribution in [0.25, 0.3) is 0 Å². The fourth-order valence-electron chi connectivity index (χ4n) is 3.44. The zero-order valence-electron chi connectivity index (χ0n) is 16.3. The number of phenols is 1. The lowest BCUT2D eigenvalue weighted by molar-refractivity contribution is -0.142. The summed E-state index contributed by atoms with van der Waals surface area (Å²) >= 11 is 5.91. The molecule has 166 valence electrons. The van der Waals surface area contributed by atoms with Crippen molar-refractivity contribution in [2.75, 3.05) is 6.54 Å². The van der Waals surface area contributed by atoms with Gasteiger partial charge in [0.2, 0.25) is 15.9 Å². The number of carbonyl (C=O) groups is 2. The number of rotatable bonds is 7. The Morgan fingerprint density at radius 2 is 1.90 bits per heavy atom. The summed E-state index contributed by atoms with van der Waals surface area (Å²) in [5.74, 6) is -1.99. The molecule has 1 heterocycles. The van der Waals surface area contributed by atoms with Crippen LogP contribution >= 0.6 is 11.6 Å². The van der Waals surface area contributed by atoms with Gasteiger partial charge < -0.3 is 21.3 Å². The van der Waals surface area contributed by atoms with Crippen molar-refractivity contribution in [2.45, 2.75) is 35.9 Å². The molecule has 1 aliphatic rings. The van der Waals surface area contributed by atoms with Gasteiger partial charge in [0.05, 0.1) is 4.90 Å². The molecule has 5 N–H and O–H groups in total. The Labute approximate surface area is 184 Å². The van der Waals surface area contributed by atoms with E-state index in [1.54, 1.807) is 12.1 Å². The number of halogens is 1. The van der Waals surface area contributed by atoms with Crippen molar-refractivity contribution in [3.8, 4) is 5.75 Å². The van der Waals surface area contributed by atoms with Crippen molar-refractivity contribution >= 4 is 33.5 Å². The Hall–Kier alpha value is -2.66. The van der Waals surface area contributed by atoms with Gasteiger partial charge in [-0.05, 0) is 42.3 Å². The van der Waals surface area contributed by atoms with E-state index in [4.69, 9.17) is 17.3 Å². The van der Waals surface area contributed by atoms with E-state index in [1.807, 2.05) is 0 Å². The van der Waals surface area contributed by atoms with Crippen LogP contribution in [0.5, 0.6) is 5.75 Å². The van der Waals surface area contributed by atoms with Crippen LogP contribution in [-0.4, -0.2) is 59.5 Å². The van der Waals surface area contributed by atoms with Gasteiger partial charge in [-0.2, -0.15) is 4.31 Å². The first-order valence-corrected chi connectivity index (χ1v) is 11.2. The average Bonchev–Trinajstić information content (AvgIpc) is 3.11. The molecule has 0 aromatic heterocycles. The summed E-state index contributed by atoms with van der Waals surface area (Å²) in [6, 6.07) is 8.54. The highest BCUT2D eigenvalue weighted by atomic mass is 35.5. The van der Waals surface area contributed by atoms with Crippen LogP contribution in [0.1, 0.15) is 12.0 Å². The topological polar surface area (TPSA) is 150 Å². The molecule has 1 fully saturated rings. The third-order valence-electron chi connectivity index (χ3n) is 4.98. The van der Waals surface area contributed by atoms with Crippen molar-refractivity contribution in [1.82, 2.24) is 9.62 Å². The summed E-state index contributed by atoms with van der Waals surface area (Å²) < 4.78 is 27.1. The third-order valence-corrected chi connectivity index (χ3v) is 7.09. The molecule has 11 heteroatoms. The van der Waals surface area contributed by atoms with Crippen molar-refractivity contribution in [2.24, 2.45) is 5.73 Å². The van der Waals surface area contributed by atoms with Gasteiger partial charge in [-0.1, -0.05) is 29.8 Å². The van der Waals surface area contributed by atoms with E-state index < -0.39 is 40.0 Å². The monoisotopic (exact) mass is 467 g/mol. The molecule has 31 heavy (non-hydrogen) atoms. The number of phenolic OH excluding ortho intramolecular Hbond substituents is 1. The molecule has 1 amide bonds. The summed E-state index contributed by atoms with van der Waals surface area (Å²) in [6.07, 6.45) is 0.0122. The molecule has 0 bridgehead atoms. The lowest BCUT2D eigenvalue weighted by Crippen LogP contribution is -2.51. The number of benzene rings is 2. The molecule has 0 spiro atoms. The lowest BCUT2D eigenvalue weighted by atomic mass is 10.0. The molecule has 3 atom stereocenters. The number of hydrogen-bond acceptors (Lipinski definition) is 6. The zero-order valence-corrected chi connectivity index (χ0v) is 17.9. The molecule has 2 aromatic rings. The number of sulfonamides is 1. The van der Waals surface area contributed by atoms with Crippen molar-refractivity contribution < 1.29 is 28.2 Å². The quantitative estimate of drug-likeness (QED) is 0.473. The molecular formula is C20H22ClN3O6S. The maximum atomic E-state index is 13.1. The molecule has 0 radical (unpaired) electrons. The van der Waals surface area contributed by atoms with Gasteiger partial charge in [-0.15, -0.1) is 0 Å². The van der Waals surface area contributed by atoms with Gasteiger partial charge >= 0.3 is 5.97 Å². The number of aliphatic carboxylic acids is 1. The minimum atomic E-state index is -4.08. The van der Waals surface area contributed by atoms with Crippen molar-refractivity contribution in [1.29, 1.82) is 0 Å². The van der Waals surface area contributed by atoms with Gasteiger partial charge in [0.1, 0.15) is 17.8 Å². The van der Waals surface area contributed by atoms with E-state index in [2.05, 4.69) is 5.32 Å². The highest BCUT2D eigenvalue weighted by molar-refractivity contribution is 7.89. The fourth-order valence-corrected chi connectivity index (χ4v) is 5.40. The standard InChI is InChI=1S/C20H22ClN3O6S/c21-13-2-1-3-16(9-13)31(29,30)24-11-14(22)10-18(24)19(26)23-17(20(27)28)8-12-4-6-15(25)7-5-12/h1-7,9,14,17-18,25H,8,10-11,22H2,(H,23,26)(H,27,28)/t14-,17+,18+/m1/s1. The number of amides is 1. The van der Waals surface area contributed by atoms with E-state index in [1.165, 1.54) is 36.4 Å². The number of aromatic hydroxyl groups is 1. The normalized spacial score (nSPS) is 20.3. The van der Waals surface area contributed by atoms with E-state index in [-0.39, 0.29) is 35.1 Å². The molecular weight excluding hydrogens is 446 g/mol. The summed E-state index contributed by atoms with van der Waals surface area (Å²) in [4.78, 5) is 24.5. The van der Waals surface area contributed by atoms with E-state index in [0.717, 1.165) is 4.31 Å². The van der Waals surface area contributed by atoms with Gasteiger partial charge in [0, 0.05) is 24.0 Å². The number of nitrogens with one attached hydrogen (secondary N) is 1. The second-order valence-corrected chi connectivity index (χ2v) is 9.64. The molecule has 3 rings (SSSR count). The summed E-state index contributed by atoms with van der Waals surface area (Å²) in [6.45, 7) is -0.0807. The summed E-state index contributed by atoms with van der Waals surface area (Å²) in [5, 5.41) is 21.5. The Bertz CT molecular complexity index is 1080. The number of carbonyl (C=O) groups excluding carboxylic acids is 1. The molecule has 1 aliphatic heterocycles. The zero-order chi connectivity index (χ0) is 22.8. The predicted molar refractivity (Wildman–Crippen MR) is 113 cm³/mol. The van der Waals surface area contributed by atoms with Gasteiger partial charge in [-0.3, -0.25) is 4.79 Å². The smallest absolute Gasteiger partial charge is 0.326 e. The van der Waals surface area contributed by atoms with Crippen LogP contribution in [0.4, 0.5) is 0 Å². The number of hydrogen-bond donors (Lipinski definition) is 4. The molecule has 0 unspecified atom stereocenters. The summed E-state index contributed by atoms with van der Waals surface area (Å²) in [5.41, 5.74) is 6.51. The molecule has 0 aliphatic carbocycles. The average molecular weight is 468 g/mol. The first kappa shape index (κ1) is 23.0. The molecule has 2 aromatic carbocycles. The number of carboxylic acid groups (broad SMARTS) is 1. The maximum Gasteiger partial charge on any atom is 0.326 e. The number of nitrogens with two attached hydrogens (primary N) is 1. The van der Waals surface area contributed by atoms with Gasteiger partial charge in [0.25, 0.3) is 0 Å². The predicted octanol–water partition coefficient (Wildman–Crippen LogP) is 0.948. The largest absolute Gasteiger partial charge is 0.508 e. The SMILES string of the molecule is N[C@@H]1C[C@@H](C(=O)N[C@@H](Cc2ccc(O)cc2)C(=O)O)N(S(=O)(=O)c2cccc(Cl)c2)C1. The van der Waals surface area contributed by atoms with Crippen molar-refractivity contribution in [3.63, 3.8) is 0 Å². The Kier molecular flexibility index (Phi) is 6.85. The Balaban J connectivity index is 1.81. The van der Waals surface area contributed by atoms with Crippen LogP contribution < -0.4 is 11.1 Å². The van der Waals surface area contributed by atoms with Crippen LogP contribution in [0, 0.1) is 0 Å². The van der Waals surface area contributed by atoms with E-state index >= 15 is 0 Å². The second-order valence-electron chi connectivity index (χ2n) is 7.31. The van der Waals surface area contributed by atoms with E-state index in [9.17, 15) is 28.2 Å². The molecule has 0 saturated carbocycles. The first-order valence-electron chi connectivity index (χ1n) is 9.42.